The highest BCUT2D eigenvalue weighted by atomic mass is 35.5. The van der Waals surface area contributed by atoms with Gasteiger partial charge in [0.25, 0.3) is 11.8 Å². The largest absolute Gasteiger partial charge is 0.451 e. The van der Waals surface area contributed by atoms with Crippen molar-refractivity contribution >= 4 is 52.7 Å². The van der Waals surface area contributed by atoms with E-state index in [0.29, 0.717) is 23.7 Å². The Bertz CT molecular complexity index is 793. The maximum atomic E-state index is 12.9. The summed E-state index contributed by atoms with van der Waals surface area (Å²) in [5.74, 6) is -0.666. The fourth-order valence-electron chi connectivity index (χ4n) is 3.65. The first-order valence-corrected chi connectivity index (χ1v) is 12.7. The van der Waals surface area contributed by atoms with Gasteiger partial charge in [-0.3, -0.25) is 9.59 Å². The summed E-state index contributed by atoms with van der Waals surface area (Å²) in [5.41, 5.74) is 0.219. The van der Waals surface area contributed by atoms with Gasteiger partial charge in [-0.05, 0) is 69.2 Å². The number of rotatable bonds is 9. The molecule has 1 fully saturated rings. The van der Waals surface area contributed by atoms with Gasteiger partial charge in [-0.15, -0.1) is 0 Å². The molecule has 3 unspecified atom stereocenters. The molecule has 1 saturated heterocycles. The molecule has 0 aromatic heterocycles. The molecule has 2 rings (SSSR count). The summed E-state index contributed by atoms with van der Waals surface area (Å²) in [6.07, 6.45) is 5.28. The Balaban J connectivity index is 2.05. The summed E-state index contributed by atoms with van der Waals surface area (Å²) in [5, 5.41) is 3.30. The number of hydrogen-bond acceptors (Lipinski definition) is 5. The van der Waals surface area contributed by atoms with E-state index < -0.39 is 24.0 Å². The van der Waals surface area contributed by atoms with Crippen LogP contribution in [-0.4, -0.2) is 59.4 Å². The number of hydrogen-bond donors (Lipinski definition) is 1. The lowest BCUT2D eigenvalue weighted by Gasteiger charge is -2.36. The highest BCUT2D eigenvalue weighted by molar-refractivity contribution is 7.98. The SMILES string of the molecule is CCC1CCCCN1C(=O)C(C)OC(=O)C(CCSC)NC(=O)c1ccc(Cl)cc1Cl. The number of benzene rings is 1. The first-order chi connectivity index (χ1) is 14.8. The molecule has 172 valence electrons. The summed E-state index contributed by atoms with van der Waals surface area (Å²) in [6.45, 7) is 4.33. The summed E-state index contributed by atoms with van der Waals surface area (Å²) in [6, 6.07) is 3.83. The number of esters is 1. The highest BCUT2D eigenvalue weighted by Crippen LogP contribution is 2.22. The number of carbonyl (C=O) groups excluding carboxylic acids is 3. The maximum absolute atomic E-state index is 12.9. The fourth-order valence-corrected chi connectivity index (χ4v) is 4.62. The zero-order valence-electron chi connectivity index (χ0n) is 18.2. The van der Waals surface area contributed by atoms with Crippen molar-refractivity contribution in [2.75, 3.05) is 18.6 Å². The molecule has 6 nitrogen and oxygen atoms in total. The van der Waals surface area contributed by atoms with Crippen LogP contribution in [0, 0.1) is 0 Å². The lowest BCUT2D eigenvalue weighted by molar-refractivity contribution is -0.162. The average Bonchev–Trinajstić information content (AvgIpc) is 2.75. The van der Waals surface area contributed by atoms with Crippen molar-refractivity contribution in [3.63, 3.8) is 0 Å². The van der Waals surface area contributed by atoms with Crippen LogP contribution in [0.15, 0.2) is 18.2 Å². The Hall–Kier alpha value is -1.44. The minimum Gasteiger partial charge on any atom is -0.451 e. The number of nitrogens with zero attached hydrogens (tertiary/aromatic N) is 1. The van der Waals surface area contributed by atoms with Crippen molar-refractivity contribution in [1.29, 1.82) is 0 Å². The standard InChI is InChI=1S/C22H30Cl2N2O4S/c1-4-16-7-5-6-11-26(16)21(28)14(2)30-22(29)19(10-12-31-3)25-20(27)17-9-8-15(23)13-18(17)24/h8-9,13-14,16,19H,4-7,10-12H2,1-3H3,(H,25,27). The van der Waals surface area contributed by atoms with Crippen molar-refractivity contribution in [3.8, 4) is 0 Å². The second kappa shape index (κ2) is 12.6. The van der Waals surface area contributed by atoms with Gasteiger partial charge in [-0.1, -0.05) is 30.1 Å². The first kappa shape index (κ1) is 25.8. The Labute approximate surface area is 198 Å². The minimum atomic E-state index is -0.910. The topological polar surface area (TPSA) is 75.7 Å². The molecule has 1 aliphatic rings. The number of nitrogens with one attached hydrogen (secondary N) is 1. The number of halogens is 2. The van der Waals surface area contributed by atoms with Crippen molar-refractivity contribution in [3.05, 3.63) is 33.8 Å². The van der Waals surface area contributed by atoms with Gasteiger partial charge < -0.3 is 15.0 Å². The molecule has 31 heavy (non-hydrogen) atoms. The zero-order valence-corrected chi connectivity index (χ0v) is 20.5. The average molecular weight is 489 g/mol. The second-order valence-electron chi connectivity index (χ2n) is 7.60. The van der Waals surface area contributed by atoms with E-state index in [1.54, 1.807) is 24.8 Å². The summed E-state index contributed by atoms with van der Waals surface area (Å²) in [4.78, 5) is 40.2. The van der Waals surface area contributed by atoms with Crippen LogP contribution >= 0.6 is 35.0 Å². The van der Waals surface area contributed by atoms with Gasteiger partial charge in [-0.25, -0.2) is 4.79 Å². The molecule has 1 aliphatic heterocycles. The van der Waals surface area contributed by atoms with Gasteiger partial charge >= 0.3 is 5.97 Å². The zero-order chi connectivity index (χ0) is 23.0. The van der Waals surface area contributed by atoms with E-state index in [4.69, 9.17) is 27.9 Å². The van der Waals surface area contributed by atoms with Gasteiger partial charge in [0.1, 0.15) is 6.04 Å². The van der Waals surface area contributed by atoms with E-state index in [-0.39, 0.29) is 22.5 Å². The number of amides is 2. The number of likely N-dealkylation sites (tertiary alicyclic amines) is 1. The number of thioether (sulfide) groups is 1. The van der Waals surface area contributed by atoms with Crippen molar-refractivity contribution in [2.45, 2.75) is 64.1 Å². The van der Waals surface area contributed by atoms with Crippen LogP contribution in [0.4, 0.5) is 0 Å². The molecule has 1 N–H and O–H groups in total. The second-order valence-corrected chi connectivity index (χ2v) is 9.43. The molecular weight excluding hydrogens is 459 g/mol. The third kappa shape index (κ3) is 7.29. The summed E-state index contributed by atoms with van der Waals surface area (Å²) in [7, 11) is 0. The molecule has 1 aromatic rings. The highest BCUT2D eigenvalue weighted by Gasteiger charge is 2.32. The van der Waals surface area contributed by atoms with E-state index in [9.17, 15) is 14.4 Å². The maximum Gasteiger partial charge on any atom is 0.329 e. The molecule has 0 aliphatic carbocycles. The molecule has 1 aromatic carbocycles. The summed E-state index contributed by atoms with van der Waals surface area (Å²) < 4.78 is 5.50. The molecule has 1 heterocycles. The van der Waals surface area contributed by atoms with Crippen LogP contribution in [0.3, 0.4) is 0 Å². The van der Waals surface area contributed by atoms with Crippen LogP contribution < -0.4 is 5.32 Å². The van der Waals surface area contributed by atoms with Gasteiger partial charge in [0.15, 0.2) is 6.10 Å². The fraction of sp³-hybridized carbons (Fsp3) is 0.591. The van der Waals surface area contributed by atoms with E-state index in [2.05, 4.69) is 12.2 Å². The van der Waals surface area contributed by atoms with Crippen LogP contribution in [-0.2, 0) is 14.3 Å². The molecular formula is C22H30Cl2N2O4S. The molecule has 2 amide bonds. The normalized spacial score (nSPS) is 18.2. The Morgan fingerprint density at radius 3 is 2.68 bits per heavy atom. The molecule has 0 spiro atoms. The van der Waals surface area contributed by atoms with E-state index in [1.165, 1.54) is 12.1 Å². The van der Waals surface area contributed by atoms with E-state index in [1.807, 2.05) is 11.2 Å². The quantitative estimate of drug-likeness (QED) is 0.515. The molecule has 0 radical (unpaired) electrons. The lowest BCUT2D eigenvalue weighted by Crippen LogP contribution is -2.50. The van der Waals surface area contributed by atoms with Gasteiger partial charge in [0.2, 0.25) is 0 Å². The molecule has 0 saturated carbocycles. The molecule has 0 bridgehead atoms. The lowest BCUT2D eigenvalue weighted by atomic mass is 9.99. The van der Waals surface area contributed by atoms with Crippen molar-refractivity contribution < 1.29 is 19.1 Å². The van der Waals surface area contributed by atoms with Gasteiger partial charge in [0, 0.05) is 17.6 Å². The van der Waals surface area contributed by atoms with Crippen molar-refractivity contribution in [1.82, 2.24) is 10.2 Å². The van der Waals surface area contributed by atoms with Crippen LogP contribution in [0.5, 0.6) is 0 Å². The Morgan fingerprint density at radius 2 is 2.03 bits per heavy atom. The first-order valence-electron chi connectivity index (χ1n) is 10.5. The van der Waals surface area contributed by atoms with Crippen molar-refractivity contribution in [2.24, 2.45) is 0 Å². The van der Waals surface area contributed by atoms with Crippen LogP contribution in [0.1, 0.15) is 56.3 Å². The smallest absolute Gasteiger partial charge is 0.329 e. The summed E-state index contributed by atoms with van der Waals surface area (Å²) >= 11 is 13.6. The van der Waals surface area contributed by atoms with E-state index in [0.717, 1.165) is 25.7 Å². The van der Waals surface area contributed by atoms with Crippen LogP contribution in [0.25, 0.3) is 0 Å². The number of piperidine rings is 1. The van der Waals surface area contributed by atoms with E-state index >= 15 is 0 Å². The number of carbonyl (C=O) groups is 3. The van der Waals surface area contributed by atoms with Gasteiger partial charge in [0.05, 0.1) is 10.6 Å². The van der Waals surface area contributed by atoms with Crippen LogP contribution in [0.2, 0.25) is 10.0 Å². The minimum absolute atomic E-state index is 0.182. The van der Waals surface area contributed by atoms with Gasteiger partial charge in [-0.2, -0.15) is 11.8 Å². The molecule has 9 heteroatoms. The molecule has 3 atom stereocenters. The third-order valence-corrected chi connectivity index (χ3v) is 6.59. The predicted molar refractivity (Wildman–Crippen MR) is 126 cm³/mol. The Kier molecular flexibility index (Phi) is 10.5. The Morgan fingerprint density at radius 1 is 1.29 bits per heavy atom. The third-order valence-electron chi connectivity index (χ3n) is 5.40. The monoisotopic (exact) mass is 488 g/mol. The number of ether oxygens (including phenoxy) is 1. The predicted octanol–water partition coefficient (Wildman–Crippen LogP) is 4.57.